The first-order valence-corrected chi connectivity index (χ1v) is 14.1. The van der Waals surface area contributed by atoms with Crippen molar-refractivity contribution in [2.45, 2.75) is 37.4 Å². The summed E-state index contributed by atoms with van der Waals surface area (Å²) >= 11 is 2.04. The van der Waals surface area contributed by atoms with Gasteiger partial charge in [-0.15, -0.1) is 21.1 Å². The number of carbonyl (C=O) groups is 4. The number of nitrogens with one attached hydrogen (secondary N) is 1. The number of amides is 2. The number of thioether (sulfide) groups is 1. The summed E-state index contributed by atoms with van der Waals surface area (Å²) in [4.78, 5) is 60.2. The van der Waals surface area contributed by atoms with Gasteiger partial charge in [-0.1, -0.05) is 11.2 Å². The van der Waals surface area contributed by atoms with Gasteiger partial charge in [0.15, 0.2) is 17.5 Å². The Labute approximate surface area is 246 Å². The Hall–Kier alpha value is -4.49. The zero-order valence-corrected chi connectivity index (χ0v) is 24.3. The minimum atomic E-state index is -1.80. The third-order valence-corrected chi connectivity index (χ3v) is 8.27. The molecule has 224 valence electrons. The molecule has 2 atom stereocenters. The Morgan fingerprint density at radius 1 is 1.33 bits per heavy atom. The van der Waals surface area contributed by atoms with Gasteiger partial charge < -0.3 is 37.6 Å². The number of aromatic nitrogens is 4. The smallest absolute Gasteiger partial charge is 0.352 e. The fraction of sp³-hybridized carbons (Fsp3) is 0.391. The standard InChI is InChI=1S/C23H28N10O7S2/c1-23(2,21(38)39)40-29-12(16-28-22(26)42-30-16)17(34)27-13-18(35)33-14(20(36)37)11(9-41-19(13)33)8-32-7-10(5-4-6-24)15(25)31(32)3/h4-5,7,13,19,25H,6,8-9,24H2,1-3H3,(H5,26,27,28,30,34,36,37,38,39)/p+1/b5-4-,29-12-/t13-,19-/m1/s1. The molecule has 0 unspecified atom stereocenters. The van der Waals surface area contributed by atoms with Crippen LogP contribution in [0, 0.1) is 0 Å². The van der Waals surface area contributed by atoms with Crippen molar-refractivity contribution in [3.8, 4) is 0 Å². The molecule has 2 aliphatic rings. The van der Waals surface area contributed by atoms with Crippen molar-refractivity contribution in [3.63, 3.8) is 0 Å². The van der Waals surface area contributed by atoms with E-state index in [1.54, 1.807) is 34.8 Å². The number of hydrogen-bond acceptors (Lipinski definition) is 13. The van der Waals surface area contributed by atoms with E-state index in [4.69, 9.17) is 22.0 Å². The molecule has 4 heterocycles. The zero-order chi connectivity index (χ0) is 30.9. The van der Waals surface area contributed by atoms with Crippen LogP contribution in [0.2, 0.25) is 0 Å². The van der Waals surface area contributed by atoms with Crippen LogP contribution in [0.4, 0.5) is 10.9 Å². The number of carboxylic acids is 2. The van der Waals surface area contributed by atoms with Gasteiger partial charge in [0.25, 0.3) is 11.8 Å². The Kier molecular flexibility index (Phi) is 8.55. The first kappa shape index (κ1) is 30.5. The summed E-state index contributed by atoms with van der Waals surface area (Å²) in [5.74, 6) is -3.77. The molecular weight excluding hydrogens is 592 g/mol. The van der Waals surface area contributed by atoms with Gasteiger partial charge in [-0.05, 0) is 19.9 Å². The highest BCUT2D eigenvalue weighted by Gasteiger charge is 2.55. The number of carboxylic acid groups (broad SMARTS) is 2. The lowest BCUT2D eigenvalue weighted by molar-refractivity contribution is -0.765. The van der Waals surface area contributed by atoms with Gasteiger partial charge in [0, 0.05) is 29.4 Å². The number of oxime groups is 1. The molecule has 1 fully saturated rings. The van der Waals surface area contributed by atoms with Gasteiger partial charge in [-0.25, -0.2) is 9.59 Å². The number of nitrogen functional groups attached to an aromatic ring is 2. The van der Waals surface area contributed by atoms with Gasteiger partial charge >= 0.3 is 11.9 Å². The largest absolute Gasteiger partial charge is 0.478 e. The van der Waals surface area contributed by atoms with Crippen LogP contribution in [0.5, 0.6) is 0 Å². The number of carbonyl (C=O) groups excluding carboxylic acids is 2. The number of nitrogens with two attached hydrogens (primary N) is 3. The SMILES string of the molecule is Cn1c(N)c(/C=C\CN)c[n+]1CC1=C(C(=O)O)N2C(=O)[C@@H](NC(=O)/C(=N\OC(C)(C)C(=O)O)c3nsc(N)n3)[C@H]2SC1. The van der Waals surface area contributed by atoms with E-state index in [0.29, 0.717) is 23.5 Å². The van der Waals surface area contributed by atoms with E-state index in [2.05, 4.69) is 19.8 Å². The summed E-state index contributed by atoms with van der Waals surface area (Å²) in [6.07, 6.45) is 5.25. The highest BCUT2D eigenvalue weighted by Crippen LogP contribution is 2.40. The fourth-order valence-corrected chi connectivity index (χ4v) is 5.81. The monoisotopic (exact) mass is 621 g/mol. The number of hydrogen-bond donors (Lipinski definition) is 6. The van der Waals surface area contributed by atoms with E-state index in [1.165, 1.54) is 25.6 Å². The number of fused-ring (bicyclic) bond motifs is 1. The van der Waals surface area contributed by atoms with Gasteiger partial charge in [-0.3, -0.25) is 14.5 Å². The molecule has 2 aromatic heterocycles. The second-order valence-corrected chi connectivity index (χ2v) is 11.5. The topological polar surface area (TPSA) is 258 Å². The summed E-state index contributed by atoms with van der Waals surface area (Å²) in [7, 11) is 1.72. The summed E-state index contributed by atoms with van der Waals surface area (Å²) in [5.41, 5.74) is 16.0. The molecule has 0 radical (unpaired) electrons. The molecule has 0 spiro atoms. The molecule has 2 aliphatic heterocycles. The maximum atomic E-state index is 13.2. The van der Waals surface area contributed by atoms with Crippen molar-refractivity contribution in [1.82, 2.24) is 24.3 Å². The Morgan fingerprint density at radius 3 is 2.64 bits per heavy atom. The molecule has 19 heteroatoms. The fourth-order valence-electron chi connectivity index (χ4n) is 4.04. The molecule has 2 aromatic rings. The molecule has 17 nitrogen and oxygen atoms in total. The van der Waals surface area contributed by atoms with Crippen LogP contribution in [-0.2, 0) is 37.6 Å². The number of rotatable bonds is 11. The quantitative estimate of drug-likeness (QED) is 0.0710. The molecule has 0 aliphatic carbocycles. The van der Waals surface area contributed by atoms with Crippen molar-refractivity contribution in [1.29, 1.82) is 0 Å². The summed E-state index contributed by atoms with van der Waals surface area (Å²) < 4.78 is 7.31. The second-order valence-electron chi connectivity index (χ2n) is 9.65. The predicted octanol–water partition coefficient (Wildman–Crippen LogP) is -1.68. The van der Waals surface area contributed by atoms with Crippen molar-refractivity contribution in [2.75, 3.05) is 23.8 Å². The maximum absolute atomic E-state index is 13.2. The summed E-state index contributed by atoms with van der Waals surface area (Å²) in [6, 6.07) is -1.11. The lowest BCUT2D eigenvalue weighted by Gasteiger charge is -2.49. The number of anilines is 2. The van der Waals surface area contributed by atoms with Crippen molar-refractivity contribution in [2.24, 2.45) is 17.9 Å². The van der Waals surface area contributed by atoms with E-state index in [9.17, 15) is 29.4 Å². The average molecular weight is 622 g/mol. The minimum absolute atomic E-state index is 0.0147. The Balaban J connectivity index is 1.57. The number of β-lactam (4-membered cyclic amide) rings is 1. The normalized spacial score (nSPS) is 19.1. The van der Waals surface area contributed by atoms with E-state index in [0.717, 1.165) is 16.4 Å². The average Bonchev–Trinajstić information content (AvgIpc) is 3.47. The second kappa shape index (κ2) is 11.8. The van der Waals surface area contributed by atoms with Gasteiger partial charge in [-0.2, -0.15) is 9.36 Å². The lowest BCUT2D eigenvalue weighted by Crippen LogP contribution is -2.71. The molecule has 0 aromatic carbocycles. The molecule has 9 N–H and O–H groups in total. The summed E-state index contributed by atoms with van der Waals surface area (Å²) in [6.45, 7) is 2.91. The van der Waals surface area contributed by atoms with Gasteiger partial charge in [0.05, 0.1) is 12.6 Å². The van der Waals surface area contributed by atoms with Crippen LogP contribution in [0.25, 0.3) is 6.08 Å². The Morgan fingerprint density at radius 2 is 2.05 bits per heavy atom. The van der Waals surface area contributed by atoms with Crippen LogP contribution in [0.1, 0.15) is 25.2 Å². The van der Waals surface area contributed by atoms with E-state index in [-0.39, 0.29) is 29.0 Å². The molecule has 0 saturated carbocycles. The highest BCUT2D eigenvalue weighted by atomic mass is 32.2. The predicted molar refractivity (Wildman–Crippen MR) is 151 cm³/mol. The van der Waals surface area contributed by atoms with Crippen LogP contribution < -0.4 is 27.2 Å². The molecule has 4 rings (SSSR count). The van der Waals surface area contributed by atoms with Crippen LogP contribution in [-0.4, -0.2) is 87.9 Å². The van der Waals surface area contributed by atoms with Crippen LogP contribution in [0.3, 0.4) is 0 Å². The third kappa shape index (κ3) is 5.78. The van der Waals surface area contributed by atoms with E-state index in [1.807, 2.05) is 0 Å². The van der Waals surface area contributed by atoms with Crippen molar-refractivity contribution < 1.29 is 38.9 Å². The highest BCUT2D eigenvalue weighted by molar-refractivity contribution is 8.00. The zero-order valence-electron chi connectivity index (χ0n) is 22.7. The first-order valence-electron chi connectivity index (χ1n) is 12.3. The van der Waals surface area contributed by atoms with E-state index >= 15 is 0 Å². The molecule has 0 bridgehead atoms. The first-order chi connectivity index (χ1) is 19.8. The maximum Gasteiger partial charge on any atom is 0.352 e. The molecule has 1 saturated heterocycles. The van der Waals surface area contributed by atoms with Gasteiger partial charge in [0.1, 0.15) is 17.1 Å². The molecule has 42 heavy (non-hydrogen) atoms. The molecule has 2 amide bonds. The van der Waals surface area contributed by atoms with Crippen LogP contribution >= 0.6 is 23.3 Å². The summed E-state index contributed by atoms with van der Waals surface area (Å²) in [5, 5.41) is 24.8. The number of aliphatic carboxylic acids is 2. The third-order valence-electron chi connectivity index (χ3n) is 6.39. The van der Waals surface area contributed by atoms with Crippen molar-refractivity contribution in [3.05, 3.63) is 34.9 Å². The van der Waals surface area contributed by atoms with Gasteiger partial charge in [0.2, 0.25) is 23.3 Å². The minimum Gasteiger partial charge on any atom is -0.478 e. The van der Waals surface area contributed by atoms with Crippen LogP contribution in [0.15, 0.2) is 28.7 Å². The lowest BCUT2D eigenvalue weighted by atomic mass is 10.0. The Bertz CT molecular complexity index is 1540. The number of nitrogens with zero attached hydrogens (tertiary/aromatic N) is 6. The molecular formula is C23H29N10O7S2+. The van der Waals surface area contributed by atoms with E-state index < -0.39 is 46.5 Å². The van der Waals surface area contributed by atoms with Crippen molar-refractivity contribution >= 4 is 69.8 Å².